The van der Waals surface area contributed by atoms with E-state index < -0.39 is 0 Å². The maximum Gasteiger partial charge on any atom is 0.333 e. The smallest absolute Gasteiger partial charge is 0.333 e. The minimum Gasteiger partial charge on any atom is -0.467 e. The van der Waals surface area contributed by atoms with Crippen LogP contribution in [0, 0.1) is 17.0 Å². The summed E-state index contributed by atoms with van der Waals surface area (Å²) in [5, 5.41) is 15.4. The van der Waals surface area contributed by atoms with Gasteiger partial charge in [0.15, 0.2) is 0 Å². The first-order chi connectivity index (χ1) is 10.1. The summed E-state index contributed by atoms with van der Waals surface area (Å²) >= 11 is 0. The van der Waals surface area contributed by atoms with Gasteiger partial charge >= 0.3 is 5.69 Å². The molecule has 21 heavy (non-hydrogen) atoms. The molecule has 0 aromatic carbocycles. The Morgan fingerprint density at radius 2 is 2.33 bits per heavy atom. The molecule has 1 atom stereocenters. The van der Waals surface area contributed by atoms with Crippen molar-refractivity contribution in [2.45, 2.75) is 13.0 Å². The van der Waals surface area contributed by atoms with E-state index in [0.717, 1.165) is 5.76 Å². The van der Waals surface area contributed by atoms with Crippen LogP contribution in [-0.4, -0.2) is 34.4 Å². The Hall–Kier alpha value is -2.35. The van der Waals surface area contributed by atoms with E-state index in [1.807, 2.05) is 11.0 Å². The number of rotatable bonds is 3. The highest BCUT2D eigenvalue weighted by atomic mass is 16.6. The van der Waals surface area contributed by atoms with E-state index >= 15 is 0 Å². The molecule has 0 saturated carbocycles. The lowest BCUT2D eigenvalue weighted by Gasteiger charge is -2.32. The molecule has 2 aromatic rings. The highest BCUT2D eigenvalue weighted by molar-refractivity contribution is 5.61. The van der Waals surface area contributed by atoms with Crippen molar-refractivity contribution in [1.29, 1.82) is 0 Å². The molecule has 0 amide bonds. The summed E-state index contributed by atoms with van der Waals surface area (Å²) in [6.07, 6.45) is 1.36. The third kappa shape index (κ3) is 2.38. The normalized spacial score (nSPS) is 19.0. The maximum atomic E-state index is 11.3. The zero-order chi connectivity index (χ0) is 15.0. The van der Waals surface area contributed by atoms with Crippen LogP contribution in [0.3, 0.4) is 0 Å². The van der Waals surface area contributed by atoms with Crippen LogP contribution in [-0.2, 0) is 11.8 Å². The Bertz CT molecular complexity index is 649. The van der Waals surface area contributed by atoms with Crippen LogP contribution < -0.4 is 4.90 Å². The van der Waals surface area contributed by atoms with Gasteiger partial charge in [0, 0.05) is 13.6 Å². The summed E-state index contributed by atoms with van der Waals surface area (Å²) in [5.74, 6) is 1.23. The highest BCUT2D eigenvalue weighted by Gasteiger charge is 2.33. The quantitative estimate of drug-likeness (QED) is 0.633. The Morgan fingerprint density at radius 3 is 3.00 bits per heavy atom. The van der Waals surface area contributed by atoms with Gasteiger partial charge in [-0.1, -0.05) is 0 Å². The highest BCUT2D eigenvalue weighted by Crippen LogP contribution is 2.34. The van der Waals surface area contributed by atoms with Gasteiger partial charge in [-0.2, -0.15) is 5.10 Å². The molecule has 112 valence electrons. The van der Waals surface area contributed by atoms with E-state index in [0.29, 0.717) is 31.2 Å². The zero-order valence-electron chi connectivity index (χ0n) is 11.9. The molecule has 1 fully saturated rings. The zero-order valence-corrected chi connectivity index (χ0v) is 11.9. The number of ether oxygens (including phenoxy) is 1. The van der Waals surface area contributed by atoms with E-state index in [-0.39, 0.29) is 16.7 Å². The molecule has 8 heteroatoms. The number of aryl methyl sites for hydroxylation is 2. The molecule has 3 rings (SSSR count). The van der Waals surface area contributed by atoms with Gasteiger partial charge in [0.1, 0.15) is 17.6 Å². The SMILES string of the molecule is Cc1nn(C)c(N2CCOC(c3ccco3)C2)c1[N+](=O)[O-]. The van der Waals surface area contributed by atoms with Crippen LogP contribution in [0.25, 0.3) is 0 Å². The number of nitrogens with zero attached hydrogens (tertiary/aromatic N) is 4. The Balaban J connectivity index is 1.92. The molecule has 8 nitrogen and oxygen atoms in total. The second kappa shape index (κ2) is 5.21. The predicted octanol–water partition coefficient (Wildman–Crippen LogP) is 1.81. The largest absolute Gasteiger partial charge is 0.467 e. The summed E-state index contributed by atoms with van der Waals surface area (Å²) < 4.78 is 12.6. The topological polar surface area (TPSA) is 86.6 Å². The van der Waals surface area contributed by atoms with Crippen molar-refractivity contribution in [3.05, 3.63) is 40.0 Å². The average molecular weight is 292 g/mol. The molecule has 0 radical (unpaired) electrons. The van der Waals surface area contributed by atoms with Crippen molar-refractivity contribution in [3.63, 3.8) is 0 Å². The number of furan rings is 1. The van der Waals surface area contributed by atoms with E-state index in [2.05, 4.69) is 5.10 Å². The van der Waals surface area contributed by atoms with Crippen molar-refractivity contribution >= 4 is 11.5 Å². The predicted molar refractivity (Wildman–Crippen MR) is 74.2 cm³/mol. The monoisotopic (exact) mass is 292 g/mol. The Kier molecular flexibility index (Phi) is 3.38. The minimum atomic E-state index is -0.380. The molecule has 0 bridgehead atoms. The fourth-order valence-electron chi connectivity index (χ4n) is 2.69. The third-order valence-electron chi connectivity index (χ3n) is 3.57. The van der Waals surface area contributed by atoms with Crippen LogP contribution in [0.1, 0.15) is 17.6 Å². The fourth-order valence-corrected chi connectivity index (χ4v) is 2.69. The lowest BCUT2D eigenvalue weighted by molar-refractivity contribution is -0.384. The molecular formula is C13H16N4O4. The van der Waals surface area contributed by atoms with Crippen LogP contribution in [0.5, 0.6) is 0 Å². The molecule has 3 heterocycles. The Morgan fingerprint density at radius 1 is 1.52 bits per heavy atom. The fraction of sp³-hybridized carbons (Fsp3) is 0.462. The summed E-state index contributed by atoms with van der Waals surface area (Å²) in [7, 11) is 1.71. The van der Waals surface area contributed by atoms with Gasteiger partial charge in [-0.15, -0.1) is 0 Å². The first-order valence-corrected chi connectivity index (χ1v) is 6.66. The molecule has 1 aliphatic rings. The number of nitro groups is 1. The van der Waals surface area contributed by atoms with Crippen LogP contribution in [0.15, 0.2) is 22.8 Å². The van der Waals surface area contributed by atoms with Crippen molar-refractivity contribution in [2.75, 3.05) is 24.6 Å². The standard InChI is InChI=1S/C13H16N4O4/c1-9-12(17(18)19)13(15(2)14-9)16-5-7-21-11(8-16)10-4-3-6-20-10/h3-4,6,11H,5,7-8H2,1-2H3. The summed E-state index contributed by atoms with van der Waals surface area (Å²) in [6.45, 7) is 3.20. The van der Waals surface area contributed by atoms with E-state index in [1.165, 1.54) is 0 Å². The number of hydrogen-bond acceptors (Lipinski definition) is 6. The van der Waals surface area contributed by atoms with Gasteiger partial charge in [-0.25, -0.2) is 4.68 Å². The van der Waals surface area contributed by atoms with Crippen LogP contribution in [0.2, 0.25) is 0 Å². The summed E-state index contributed by atoms with van der Waals surface area (Å²) in [5.41, 5.74) is 0.469. The second-order valence-electron chi connectivity index (χ2n) is 4.96. The van der Waals surface area contributed by atoms with Crippen molar-refractivity contribution in [2.24, 2.45) is 7.05 Å². The number of anilines is 1. The van der Waals surface area contributed by atoms with Gasteiger partial charge < -0.3 is 14.1 Å². The van der Waals surface area contributed by atoms with Crippen molar-refractivity contribution in [3.8, 4) is 0 Å². The number of aromatic nitrogens is 2. The van der Waals surface area contributed by atoms with E-state index in [1.54, 1.807) is 31.0 Å². The maximum absolute atomic E-state index is 11.3. The molecule has 0 N–H and O–H groups in total. The molecular weight excluding hydrogens is 276 g/mol. The average Bonchev–Trinajstić information content (AvgIpc) is 3.06. The van der Waals surface area contributed by atoms with Crippen molar-refractivity contribution < 1.29 is 14.1 Å². The van der Waals surface area contributed by atoms with Gasteiger partial charge in [0.2, 0.25) is 5.82 Å². The number of hydrogen-bond donors (Lipinski definition) is 0. The molecule has 2 aromatic heterocycles. The summed E-state index contributed by atoms with van der Waals surface area (Å²) in [6, 6.07) is 3.64. The lowest BCUT2D eigenvalue weighted by Crippen LogP contribution is -2.39. The molecule has 1 aliphatic heterocycles. The molecule has 0 spiro atoms. The third-order valence-corrected chi connectivity index (χ3v) is 3.57. The molecule has 1 unspecified atom stereocenters. The van der Waals surface area contributed by atoms with E-state index in [9.17, 15) is 10.1 Å². The van der Waals surface area contributed by atoms with Gasteiger partial charge in [0.05, 0.1) is 24.3 Å². The number of morpholine rings is 1. The van der Waals surface area contributed by atoms with E-state index in [4.69, 9.17) is 9.15 Å². The molecule has 1 saturated heterocycles. The van der Waals surface area contributed by atoms with Crippen LogP contribution >= 0.6 is 0 Å². The van der Waals surface area contributed by atoms with Gasteiger partial charge in [0.25, 0.3) is 0 Å². The first-order valence-electron chi connectivity index (χ1n) is 6.66. The minimum absolute atomic E-state index is 0.0533. The first kappa shape index (κ1) is 13.6. The lowest BCUT2D eigenvalue weighted by atomic mass is 10.2. The van der Waals surface area contributed by atoms with Gasteiger partial charge in [-0.3, -0.25) is 10.1 Å². The Labute approximate surface area is 121 Å². The molecule has 0 aliphatic carbocycles. The van der Waals surface area contributed by atoms with Crippen molar-refractivity contribution in [1.82, 2.24) is 9.78 Å². The second-order valence-corrected chi connectivity index (χ2v) is 4.96. The summed E-state index contributed by atoms with van der Waals surface area (Å²) in [4.78, 5) is 12.8. The van der Waals surface area contributed by atoms with Gasteiger partial charge in [-0.05, 0) is 19.1 Å². The van der Waals surface area contributed by atoms with Crippen LogP contribution in [0.4, 0.5) is 11.5 Å².